The molecule has 2 aromatic carbocycles. The Bertz CT molecular complexity index is 672. The molecule has 2 aromatic rings. The summed E-state index contributed by atoms with van der Waals surface area (Å²) in [7, 11) is 0. The normalized spacial score (nSPS) is 16.0. The molecule has 1 heterocycles. The van der Waals surface area contributed by atoms with E-state index in [4.69, 9.17) is 5.73 Å². The van der Waals surface area contributed by atoms with Crippen molar-refractivity contribution in [1.82, 2.24) is 0 Å². The van der Waals surface area contributed by atoms with Gasteiger partial charge in [-0.05, 0) is 30.0 Å². The van der Waals surface area contributed by atoms with Crippen molar-refractivity contribution in [1.29, 1.82) is 0 Å². The topological polar surface area (TPSA) is 66.6 Å². The molecule has 4 heteroatoms. The summed E-state index contributed by atoms with van der Waals surface area (Å²) in [5.41, 5.74) is 9.18. The van der Waals surface area contributed by atoms with Gasteiger partial charge in [-0.2, -0.15) is 0 Å². The first-order valence-corrected chi connectivity index (χ1v) is 8.03. The van der Waals surface area contributed by atoms with Crippen LogP contribution < -0.4 is 10.6 Å². The number of fused-ring (bicyclic) bond motifs is 1. The van der Waals surface area contributed by atoms with E-state index in [1.54, 1.807) is 0 Å². The molecule has 0 aromatic heterocycles. The molecule has 3 N–H and O–H groups in total. The highest BCUT2D eigenvalue weighted by atomic mass is 16.3. The van der Waals surface area contributed by atoms with Crippen LogP contribution in [0.2, 0.25) is 0 Å². The summed E-state index contributed by atoms with van der Waals surface area (Å²) < 4.78 is 0. The van der Waals surface area contributed by atoms with Gasteiger partial charge in [0, 0.05) is 18.7 Å². The lowest BCUT2D eigenvalue weighted by Gasteiger charge is -2.21. The summed E-state index contributed by atoms with van der Waals surface area (Å²) in [6.45, 7) is 0.721. The highest BCUT2D eigenvalue weighted by molar-refractivity contribution is 5.95. The Hall–Kier alpha value is -2.17. The molecule has 0 unspecified atom stereocenters. The van der Waals surface area contributed by atoms with Gasteiger partial charge in [0.05, 0.1) is 12.1 Å². The van der Waals surface area contributed by atoms with Crippen molar-refractivity contribution in [2.45, 2.75) is 31.4 Å². The van der Waals surface area contributed by atoms with Crippen LogP contribution in [0.5, 0.6) is 0 Å². The van der Waals surface area contributed by atoms with Gasteiger partial charge in [-0.25, -0.2) is 0 Å². The van der Waals surface area contributed by atoms with Gasteiger partial charge in [0.2, 0.25) is 5.91 Å². The largest absolute Gasteiger partial charge is 0.391 e. The van der Waals surface area contributed by atoms with Gasteiger partial charge in [-0.1, -0.05) is 48.5 Å². The highest BCUT2D eigenvalue weighted by Gasteiger charge is 2.25. The smallest absolute Gasteiger partial charge is 0.227 e. The highest BCUT2D eigenvalue weighted by Crippen LogP contribution is 2.28. The van der Waals surface area contributed by atoms with E-state index in [9.17, 15) is 9.90 Å². The number of aliphatic hydroxyl groups excluding tert-OH is 1. The number of benzene rings is 2. The summed E-state index contributed by atoms with van der Waals surface area (Å²) in [6, 6.07) is 17.0. The Labute approximate surface area is 136 Å². The maximum Gasteiger partial charge on any atom is 0.227 e. The zero-order valence-corrected chi connectivity index (χ0v) is 13.1. The van der Waals surface area contributed by atoms with Crippen molar-refractivity contribution in [3.05, 3.63) is 65.7 Å². The van der Waals surface area contributed by atoms with E-state index in [0.29, 0.717) is 12.8 Å². The first-order valence-electron chi connectivity index (χ1n) is 8.03. The quantitative estimate of drug-likeness (QED) is 0.891. The molecule has 120 valence electrons. The second kappa shape index (κ2) is 6.94. The standard InChI is InChI=1S/C19H22N2O2/c20-19(15-7-2-1-3-8-15)17(22)10-11-18(23)21-13-12-14-6-4-5-9-16(14)21/h1-9,17,19,22H,10-13,20H2/t17-,19-/m0/s1. The summed E-state index contributed by atoms with van der Waals surface area (Å²) in [5, 5.41) is 10.3. The number of anilines is 1. The van der Waals surface area contributed by atoms with Crippen LogP contribution in [0.3, 0.4) is 0 Å². The molecule has 0 bridgehead atoms. The van der Waals surface area contributed by atoms with Crippen LogP contribution in [0.4, 0.5) is 5.69 Å². The SMILES string of the molecule is N[C@@H](c1ccccc1)[C@@H](O)CCC(=O)N1CCc2ccccc21. The molecule has 3 rings (SSSR count). The predicted octanol–water partition coefficient (Wildman–Crippen LogP) is 2.42. The molecule has 0 saturated carbocycles. The number of nitrogens with two attached hydrogens (primary N) is 1. The summed E-state index contributed by atoms with van der Waals surface area (Å²) in [6.07, 6.45) is 0.844. The minimum Gasteiger partial charge on any atom is -0.391 e. The van der Waals surface area contributed by atoms with E-state index < -0.39 is 12.1 Å². The third-order valence-corrected chi connectivity index (χ3v) is 4.44. The van der Waals surface area contributed by atoms with Crippen LogP contribution >= 0.6 is 0 Å². The van der Waals surface area contributed by atoms with Gasteiger partial charge in [0.1, 0.15) is 0 Å². The molecule has 23 heavy (non-hydrogen) atoms. The Morgan fingerprint density at radius 3 is 2.61 bits per heavy atom. The van der Waals surface area contributed by atoms with Gasteiger partial charge in [-0.3, -0.25) is 4.79 Å². The maximum absolute atomic E-state index is 12.4. The molecule has 1 aliphatic heterocycles. The van der Waals surface area contributed by atoms with Gasteiger partial charge < -0.3 is 15.7 Å². The van der Waals surface area contributed by atoms with Crippen molar-refractivity contribution in [3.8, 4) is 0 Å². The van der Waals surface area contributed by atoms with Crippen LogP contribution in [0.25, 0.3) is 0 Å². The van der Waals surface area contributed by atoms with Crippen LogP contribution in [0, 0.1) is 0 Å². The zero-order chi connectivity index (χ0) is 16.2. The number of carbonyl (C=O) groups is 1. The number of amides is 1. The Balaban J connectivity index is 1.57. The minimum absolute atomic E-state index is 0.0502. The van der Waals surface area contributed by atoms with Gasteiger partial charge in [0.25, 0.3) is 0 Å². The molecule has 0 fully saturated rings. The average molecular weight is 310 g/mol. The molecule has 1 amide bonds. The fourth-order valence-corrected chi connectivity index (χ4v) is 3.08. The molecule has 0 aliphatic carbocycles. The molecular weight excluding hydrogens is 288 g/mol. The third kappa shape index (κ3) is 3.44. The molecule has 2 atom stereocenters. The summed E-state index contributed by atoms with van der Waals surface area (Å²) in [5.74, 6) is 0.0502. The van der Waals surface area contributed by atoms with Gasteiger partial charge in [0.15, 0.2) is 0 Å². The third-order valence-electron chi connectivity index (χ3n) is 4.44. The lowest BCUT2D eigenvalue weighted by atomic mass is 9.99. The van der Waals surface area contributed by atoms with Crippen molar-refractivity contribution in [3.63, 3.8) is 0 Å². The average Bonchev–Trinajstić information content (AvgIpc) is 3.03. The second-order valence-corrected chi connectivity index (χ2v) is 5.97. The number of hydrogen-bond donors (Lipinski definition) is 2. The van der Waals surface area contributed by atoms with Crippen LogP contribution in [-0.4, -0.2) is 23.7 Å². The molecule has 4 nitrogen and oxygen atoms in total. The second-order valence-electron chi connectivity index (χ2n) is 5.97. The first kappa shape index (κ1) is 15.7. The van der Waals surface area contributed by atoms with E-state index in [0.717, 1.165) is 24.2 Å². The van der Waals surface area contributed by atoms with Crippen LogP contribution in [-0.2, 0) is 11.2 Å². The van der Waals surface area contributed by atoms with E-state index >= 15 is 0 Å². The monoisotopic (exact) mass is 310 g/mol. The Morgan fingerprint density at radius 2 is 1.83 bits per heavy atom. The number of para-hydroxylation sites is 1. The fraction of sp³-hybridized carbons (Fsp3) is 0.316. The summed E-state index contributed by atoms with van der Waals surface area (Å²) in [4.78, 5) is 14.3. The maximum atomic E-state index is 12.4. The van der Waals surface area contributed by atoms with Gasteiger partial charge >= 0.3 is 0 Å². The molecule has 0 spiro atoms. The van der Waals surface area contributed by atoms with E-state index in [2.05, 4.69) is 6.07 Å². The Morgan fingerprint density at radius 1 is 1.13 bits per heavy atom. The van der Waals surface area contributed by atoms with Crippen molar-refractivity contribution >= 4 is 11.6 Å². The van der Waals surface area contributed by atoms with Gasteiger partial charge in [-0.15, -0.1) is 0 Å². The first-order chi connectivity index (χ1) is 11.2. The number of carbonyl (C=O) groups excluding carboxylic acids is 1. The van der Waals surface area contributed by atoms with Crippen LogP contribution in [0.15, 0.2) is 54.6 Å². The Kier molecular flexibility index (Phi) is 4.74. The number of hydrogen-bond acceptors (Lipinski definition) is 3. The fourth-order valence-electron chi connectivity index (χ4n) is 3.08. The number of rotatable bonds is 5. The van der Waals surface area contributed by atoms with Crippen molar-refractivity contribution in [2.24, 2.45) is 5.73 Å². The lowest BCUT2D eigenvalue weighted by molar-refractivity contribution is -0.119. The zero-order valence-electron chi connectivity index (χ0n) is 13.1. The van der Waals surface area contributed by atoms with E-state index in [-0.39, 0.29) is 5.91 Å². The molecule has 0 saturated heterocycles. The minimum atomic E-state index is -0.723. The van der Waals surface area contributed by atoms with Crippen LogP contribution in [0.1, 0.15) is 30.0 Å². The number of aliphatic hydroxyl groups is 1. The van der Waals surface area contributed by atoms with E-state index in [1.165, 1.54) is 5.56 Å². The number of nitrogens with zero attached hydrogens (tertiary/aromatic N) is 1. The molecule has 0 radical (unpaired) electrons. The summed E-state index contributed by atoms with van der Waals surface area (Å²) >= 11 is 0. The molecular formula is C19H22N2O2. The van der Waals surface area contributed by atoms with E-state index in [1.807, 2.05) is 53.4 Å². The molecule has 1 aliphatic rings. The predicted molar refractivity (Wildman–Crippen MR) is 91.1 cm³/mol. The van der Waals surface area contributed by atoms with Crippen molar-refractivity contribution < 1.29 is 9.90 Å². The van der Waals surface area contributed by atoms with Crippen molar-refractivity contribution in [2.75, 3.05) is 11.4 Å². The lowest BCUT2D eigenvalue weighted by Crippen LogP contribution is -2.32.